The van der Waals surface area contributed by atoms with Crippen LogP contribution in [0, 0.1) is 0 Å². The number of nitrogens with zero attached hydrogens (tertiary/aromatic N) is 3. The quantitative estimate of drug-likeness (QED) is 0.421. The molecule has 2 heterocycles. The Kier molecular flexibility index (Phi) is 4.94. The Morgan fingerprint density at radius 3 is 1.65 bits per heavy atom. The predicted octanol–water partition coefficient (Wildman–Crippen LogP) is 3.01. The lowest BCUT2D eigenvalue weighted by atomic mass is 10.0. The Bertz CT molecular complexity index is 929. The van der Waals surface area contributed by atoms with Crippen LogP contribution >= 0.6 is 0 Å². The third-order valence-electron chi connectivity index (χ3n) is 3.86. The number of hydrogen-bond acceptors (Lipinski definition) is 5. The van der Waals surface area contributed by atoms with Gasteiger partial charge in [0.25, 0.3) is 0 Å². The molecule has 0 aliphatic heterocycles. The van der Waals surface area contributed by atoms with Gasteiger partial charge in [0.2, 0.25) is 0 Å². The Labute approximate surface area is 151 Å². The number of rotatable bonds is 5. The number of hydrogen-bond donors (Lipinski definition) is 2. The van der Waals surface area contributed by atoms with Crippen LogP contribution in [0.1, 0.15) is 11.4 Å². The zero-order valence-corrected chi connectivity index (χ0v) is 14.4. The maximum atomic E-state index is 5.75. The van der Waals surface area contributed by atoms with E-state index in [9.17, 15) is 0 Å². The van der Waals surface area contributed by atoms with Crippen molar-refractivity contribution in [2.24, 2.45) is 16.6 Å². The third-order valence-corrected chi connectivity index (χ3v) is 3.86. The van der Waals surface area contributed by atoms with Crippen LogP contribution < -0.4 is 11.5 Å². The smallest absolute Gasteiger partial charge is 0.188 e. The van der Waals surface area contributed by atoms with Gasteiger partial charge in [-0.25, -0.2) is 0 Å². The third kappa shape index (κ3) is 3.70. The van der Waals surface area contributed by atoms with E-state index < -0.39 is 0 Å². The first-order valence-corrected chi connectivity index (χ1v) is 7.93. The van der Waals surface area contributed by atoms with Gasteiger partial charge in [0, 0.05) is 23.5 Å². The van der Waals surface area contributed by atoms with Gasteiger partial charge in [-0.3, -0.25) is 9.97 Å². The maximum absolute atomic E-state index is 5.75. The topological polar surface area (TPSA) is 99.4 Å². The molecule has 2 aromatic heterocycles. The van der Waals surface area contributed by atoms with Crippen molar-refractivity contribution in [2.75, 3.05) is 7.11 Å². The monoisotopic (exact) mass is 345 g/mol. The minimum absolute atomic E-state index is 0.241. The molecule has 0 amide bonds. The van der Waals surface area contributed by atoms with Crippen molar-refractivity contribution < 1.29 is 4.84 Å². The second kappa shape index (κ2) is 7.48. The van der Waals surface area contributed by atoms with E-state index in [1.54, 1.807) is 12.4 Å². The summed E-state index contributed by atoms with van der Waals surface area (Å²) in [4.78, 5) is 13.3. The van der Waals surface area contributed by atoms with Gasteiger partial charge in [-0.1, -0.05) is 48.1 Å². The van der Waals surface area contributed by atoms with Crippen molar-refractivity contribution in [1.82, 2.24) is 9.97 Å². The summed E-state index contributed by atoms with van der Waals surface area (Å²) in [6.45, 7) is 3.69. The van der Waals surface area contributed by atoms with Gasteiger partial charge in [0.05, 0.1) is 11.4 Å². The fourth-order valence-electron chi connectivity index (χ4n) is 2.47. The molecular weight excluding hydrogens is 326 g/mol. The van der Waals surface area contributed by atoms with Gasteiger partial charge in [-0.05, 0) is 23.3 Å². The zero-order chi connectivity index (χ0) is 18.5. The van der Waals surface area contributed by atoms with E-state index in [1.165, 1.54) is 7.11 Å². The molecule has 0 aliphatic carbocycles. The van der Waals surface area contributed by atoms with Crippen molar-refractivity contribution in [3.8, 4) is 22.3 Å². The van der Waals surface area contributed by atoms with Gasteiger partial charge < -0.3 is 16.3 Å². The molecule has 1 aromatic carbocycles. The number of benzene rings is 1. The summed E-state index contributed by atoms with van der Waals surface area (Å²) in [5.74, 6) is 0.241. The summed E-state index contributed by atoms with van der Waals surface area (Å²) < 4.78 is 0. The van der Waals surface area contributed by atoms with Gasteiger partial charge in [0.1, 0.15) is 12.8 Å². The predicted molar refractivity (Wildman–Crippen MR) is 104 cm³/mol. The van der Waals surface area contributed by atoms with Crippen LogP contribution in [0.4, 0.5) is 0 Å². The van der Waals surface area contributed by atoms with Gasteiger partial charge in [0.15, 0.2) is 5.84 Å². The van der Waals surface area contributed by atoms with Crippen molar-refractivity contribution >= 4 is 11.5 Å². The van der Waals surface area contributed by atoms with Crippen LogP contribution in [0.3, 0.4) is 0 Å². The lowest BCUT2D eigenvalue weighted by molar-refractivity contribution is 0.213. The molecule has 26 heavy (non-hydrogen) atoms. The number of nitrogens with two attached hydrogens (primary N) is 2. The number of amidine groups is 1. The highest BCUT2D eigenvalue weighted by Crippen LogP contribution is 2.24. The highest BCUT2D eigenvalue weighted by atomic mass is 16.6. The Hall–Kier alpha value is -3.67. The second-order valence-corrected chi connectivity index (χ2v) is 5.63. The Morgan fingerprint density at radius 2 is 1.27 bits per heavy atom. The zero-order valence-electron chi connectivity index (χ0n) is 14.4. The largest absolute Gasteiger partial charge is 0.397 e. The molecule has 0 unspecified atom stereocenters. The summed E-state index contributed by atoms with van der Waals surface area (Å²) in [6.07, 6.45) is 3.54. The summed E-state index contributed by atoms with van der Waals surface area (Å²) in [6, 6.07) is 15.7. The van der Waals surface area contributed by atoms with E-state index >= 15 is 0 Å². The molecule has 0 fully saturated rings. The summed E-state index contributed by atoms with van der Waals surface area (Å²) in [7, 11) is 1.44. The molecule has 0 radical (unpaired) electrons. The normalized spacial score (nSPS) is 11.2. The maximum Gasteiger partial charge on any atom is 0.188 e. The van der Waals surface area contributed by atoms with E-state index in [2.05, 4.69) is 26.5 Å². The lowest BCUT2D eigenvalue weighted by Gasteiger charge is -2.06. The van der Waals surface area contributed by atoms with E-state index in [1.807, 2.05) is 48.5 Å². The summed E-state index contributed by atoms with van der Waals surface area (Å²) in [5, 5.41) is 3.67. The molecule has 0 aliphatic rings. The Morgan fingerprint density at radius 1 is 0.808 bits per heavy atom. The molecule has 0 saturated heterocycles. The Balaban J connectivity index is 1.81. The molecule has 3 aromatic rings. The summed E-state index contributed by atoms with van der Waals surface area (Å²) >= 11 is 0. The standard InChI is InChI=1S/C20H19N5O/c1-13(21)18-9-7-16(11-23-18)14-3-5-15(6-4-14)17-8-10-19(24-12-17)20(22)25-26-2/h3-12H,1,21H2,2H3,(H2,22,25). The van der Waals surface area contributed by atoms with Gasteiger partial charge in [-0.2, -0.15) is 0 Å². The lowest BCUT2D eigenvalue weighted by Crippen LogP contribution is -2.15. The van der Waals surface area contributed by atoms with Crippen LogP contribution in [0.2, 0.25) is 0 Å². The minimum Gasteiger partial charge on any atom is -0.397 e. The number of oxime groups is 1. The average molecular weight is 345 g/mol. The van der Waals surface area contributed by atoms with Crippen LogP contribution in [-0.4, -0.2) is 22.9 Å². The molecule has 0 atom stereocenters. The van der Waals surface area contributed by atoms with E-state index in [-0.39, 0.29) is 5.84 Å². The second-order valence-electron chi connectivity index (χ2n) is 5.63. The minimum atomic E-state index is 0.241. The van der Waals surface area contributed by atoms with E-state index in [4.69, 9.17) is 11.5 Å². The van der Waals surface area contributed by atoms with Crippen LogP contribution in [0.15, 0.2) is 72.7 Å². The molecule has 130 valence electrons. The molecule has 0 spiro atoms. The molecule has 6 nitrogen and oxygen atoms in total. The molecule has 6 heteroatoms. The molecule has 0 bridgehead atoms. The van der Waals surface area contributed by atoms with Crippen molar-refractivity contribution in [2.45, 2.75) is 0 Å². The number of aromatic nitrogens is 2. The molecular formula is C20H19N5O. The highest BCUT2D eigenvalue weighted by molar-refractivity contribution is 5.95. The first-order chi connectivity index (χ1) is 12.6. The summed E-state index contributed by atoms with van der Waals surface area (Å²) in [5.41, 5.74) is 17.2. The first-order valence-electron chi connectivity index (χ1n) is 7.93. The van der Waals surface area contributed by atoms with Gasteiger partial charge in [-0.15, -0.1) is 0 Å². The van der Waals surface area contributed by atoms with Crippen molar-refractivity contribution in [3.05, 3.63) is 78.9 Å². The SMILES string of the molecule is C=C(N)c1ccc(-c2ccc(-c3ccc(/C(N)=N/OC)nc3)cc2)cn1. The fourth-order valence-corrected chi connectivity index (χ4v) is 2.47. The number of pyridine rings is 2. The van der Waals surface area contributed by atoms with Crippen molar-refractivity contribution in [3.63, 3.8) is 0 Å². The van der Waals surface area contributed by atoms with Gasteiger partial charge >= 0.3 is 0 Å². The van der Waals surface area contributed by atoms with Crippen molar-refractivity contribution in [1.29, 1.82) is 0 Å². The molecule has 0 saturated carbocycles. The first kappa shape index (κ1) is 17.2. The van der Waals surface area contributed by atoms with E-state index in [0.29, 0.717) is 17.1 Å². The van der Waals surface area contributed by atoms with Crippen LogP contribution in [0.25, 0.3) is 28.0 Å². The van der Waals surface area contributed by atoms with E-state index in [0.717, 1.165) is 22.3 Å². The molecule has 3 rings (SSSR count). The van der Waals surface area contributed by atoms with Crippen LogP contribution in [0.5, 0.6) is 0 Å². The highest BCUT2D eigenvalue weighted by Gasteiger charge is 2.05. The fraction of sp³-hybridized carbons (Fsp3) is 0.0500. The average Bonchev–Trinajstić information content (AvgIpc) is 2.68. The molecule has 4 N–H and O–H groups in total. The van der Waals surface area contributed by atoms with Crippen LogP contribution in [-0.2, 0) is 4.84 Å².